The van der Waals surface area contributed by atoms with E-state index in [-0.39, 0.29) is 18.1 Å². The molecule has 4 rings (SSSR count). The summed E-state index contributed by atoms with van der Waals surface area (Å²) >= 11 is 0. The molecule has 140 valence electrons. The highest BCUT2D eigenvalue weighted by Crippen LogP contribution is 2.29. The van der Waals surface area contributed by atoms with E-state index in [0.29, 0.717) is 55.7 Å². The van der Waals surface area contributed by atoms with Crippen LogP contribution in [-0.4, -0.2) is 56.8 Å². The van der Waals surface area contributed by atoms with Gasteiger partial charge < -0.3 is 25.0 Å². The summed E-state index contributed by atoms with van der Waals surface area (Å²) in [5.74, 6) is 0.345. The number of nitrogens with two attached hydrogens (primary N) is 1. The van der Waals surface area contributed by atoms with Gasteiger partial charge in [0.2, 0.25) is 11.9 Å². The molecule has 0 bridgehead atoms. The molecule has 3 aromatic rings. The minimum atomic E-state index is -0.382. The molecule has 0 atom stereocenters. The van der Waals surface area contributed by atoms with Crippen LogP contribution in [0.2, 0.25) is 0 Å². The van der Waals surface area contributed by atoms with E-state index in [2.05, 4.69) is 9.88 Å². The number of imidazole rings is 1. The second-order valence-electron chi connectivity index (χ2n) is 6.35. The van der Waals surface area contributed by atoms with Gasteiger partial charge in [0, 0.05) is 31.6 Å². The number of phenolic OH excluding ortho intramolecular Hbond substituents is 1. The molecule has 0 unspecified atom stereocenters. The van der Waals surface area contributed by atoms with Gasteiger partial charge in [-0.25, -0.2) is 9.97 Å². The van der Waals surface area contributed by atoms with E-state index in [1.54, 1.807) is 29.1 Å². The first kappa shape index (κ1) is 17.2. The smallest absolute Gasteiger partial charge is 0.228 e. The lowest BCUT2D eigenvalue weighted by atomic mass is 10.1. The molecular formula is C18H20N6O3. The second-order valence-corrected chi connectivity index (χ2v) is 6.35. The molecule has 0 radical (unpaired) electrons. The quantitative estimate of drug-likeness (QED) is 0.687. The number of hydrogen-bond acceptors (Lipinski definition) is 7. The van der Waals surface area contributed by atoms with Crippen molar-refractivity contribution < 1.29 is 14.6 Å². The number of anilines is 1. The van der Waals surface area contributed by atoms with Gasteiger partial charge in [-0.2, -0.15) is 4.98 Å². The summed E-state index contributed by atoms with van der Waals surface area (Å²) in [6, 6.07) is 6.88. The Bertz CT molecular complexity index is 980. The van der Waals surface area contributed by atoms with Gasteiger partial charge in [0.1, 0.15) is 17.0 Å². The molecule has 1 aliphatic heterocycles. The van der Waals surface area contributed by atoms with E-state index in [1.807, 2.05) is 6.07 Å². The van der Waals surface area contributed by atoms with Crippen LogP contribution in [0.1, 0.15) is 6.42 Å². The van der Waals surface area contributed by atoms with E-state index in [9.17, 15) is 9.90 Å². The van der Waals surface area contributed by atoms with Gasteiger partial charge in [-0.05, 0) is 12.1 Å². The molecule has 9 heteroatoms. The van der Waals surface area contributed by atoms with E-state index < -0.39 is 0 Å². The third kappa shape index (κ3) is 3.54. The van der Waals surface area contributed by atoms with Gasteiger partial charge in [-0.15, -0.1) is 0 Å². The molecule has 1 aromatic carbocycles. The number of ether oxygens (including phenoxy) is 1. The predicted molar refractivity (Wildman–Crippen MR) is 99.3 cm³/mol. The Morgan fingerprint density at radius 1 is 1.26 bits per heavy atom. The molecule has 27 heavy (non-hydrogen) atoms. The molecule has 0 aliphatic carbocycles. The molecule has 0 saturated carbocycles. The summed E-state index contributed by atoms with van der Waals surface area (Å²) in [6.45, 7) is 3.01. The monoisotopic (exact) mass is 368 g/mol. The molecule has 0 spiro atoms. The number of fused-ring (bicyclic) bond motifs is 1. The Morgan fingerprint density at radius 2 is 2.07 bits per heavy atom. The number of amides is 1. The van der Waals surface area contributed by atoms with Gasteiger partial charge >= 0.3 is 0 Å². The molecule has 1 saturated heterocycles. The van der Waals surface area contributed by atoms with Crippen molar-refractivity contribution in [2.75, 3.05) is 31.2 Å². The first-order valence-corrected chi connectivity index (χ1v) is 8.75. The van der Waals surface area contributed by atoms with Crippen LogP contribution >= 0.6 is 0 Å². The fourth-order valence-electron chi connectivity index (χ4n) is 3.09. The summed E-state index contributed by atoms with van der Waals surface area (Å²) in [6.07, 6.45) is 1.83. The van der Waals surface area contributed by atoms with Gasteiger partial charge in [0.15, 0.2) is 5.65 Å². The first-order chi connectivity index (χ1) is 13.1. The van der Waals surface area contributed by atoms with Crippen LogP contribution in [0.5, 0.6) is 5.75 Å². The van der Waals surface area contributed by atoms with Crippen LogP contribution in [0.3, 0.4) is 0 Å². The largest absolute Gasteiger partial charge is 0.508 e. The lowest BCUT2D eigenvalue weighted by molar-refractivity contribution is -0.118. The number of aromatic hydroxyl groups is 1. The number of benzene rings is 1. The van der Waals surface area contributed by atoms with Gasteiger partial charge in [0.25, 0.3) is 0 Å². The average Bonchev–Trinajstić information content (AvgIpc) is 3.09. The molecule has 1 aliphatic rings. The number of phenols is 1. The number of morpholine rings is 1. The number of aromatic nitrogens is 4. The maximum Gasteiger partial charge on any atom is 0.228 e. The molecule has 1 amide bonds. The molecule has 2 aromatic heterocycles. The molecule has 3 heterocycles. The summed E-state index contributed by atoms with van der Waals surface area (Å²) < 4.78 is 7.22. The van der Waals surface area contributed by atoms with Crippen LogP contribution in [0.4, 0.5) is 5.95 Å². The third-order valence-electron chi connectivity index (χ3n) is 4.46. The van der Waals surface area contributed by atoms with E-state index >= 15 is 0 Å². The maximum absolute atomic E-state index is 11.2. The van der Waals surface area contributed by atoms with Crippen LogP contribution < -0.4 is 10.6 Å². The van der Waals surface area contributed by atoms with Crippen molar-refractivity contribution >= 4 is 23.0 Å². The molecular weight excluding hydrogens is 348 g/mol. The summed E-state index contributed by atoms with van der Waals surface area (Å²) in [5.41, 5.74) is 7.91. The van der Waals surface area contributed by atoms with Crippen molar-refractivity contribution in [3.05, 3.63) is 30.6 Å². The van der Waals surface area contributed by atoms with Crippen molar-refractivity contribution in [2.24, 2.45) is 5.73 Å². The zero-order chi connectivity index (χ0) is 18.8. The van der Waals surface area contributed by atoms with E-state index in [1.165, 1.54) is 0 Å². The highest BCUT2D eigenvalue weighted by atomic mass is 16.5. The lowest BCUT2D eigenvalue weighted by Crippen LogP contribution is -2.37. The van der Waals surface area contributed by atoms with Crippen molar-refractivity contribution in [1.82, 2.24) is 19.5 Å². The van der Waals surface area contributed by atoms with Crippen LogP contribution in [0.15, 0.2) is 30.6 Å². The molecule has 9 nitrogen and oxygen atoms in total. The Hall–Kier alpha value is -3.20. The molecule has 1 fully saturated rings. The predicted octanol–water partition coefficient (Wildman–Crippen LogP) is 0.911. The number of aryl methyl sites for hydroxylation is 1. The highest BCUT2D eigenvalue weighted by molar-refractivity contribution is 5.88. The summed E-state index contributed by atoms with van der Waals surface area (Å²) in [4.78, 5) is 27.1. The average molecular weight is 368 g/mol. The van der Waals surface area contributed by atoms with Crippen molar-refractivity contribution in [3.8, 4) is 17.0 Å². The highest BCUT2D eigenvalue weighted by Gasteiger charge is 2.20. The molecule has 3 N–H and O–H groups in total. The standard InChI is InChI=1S/C18H20N6O3/c19-14(26)4-5-24-11-20-16-15(12-2-1-3-13(25)10-12)21-18(22-17(16)24)23-6-8-27-9-7-23/h1-3,10-11,25H,4-9H2,(H2,19,26). The lowest BCUT2D eigenvalue weighted by Gasteiger charge is -2.27. The maximum atomic E-state index is 11.2. The first-order valence-electron chi connectivity index (χ1n) is 8.75. The van der Waals surface area contributed by atoms with Crippen LogP contribution in [0, 0.1) is 0 Å². The Balaban J connectivity index is 1.85. The minimum absolute atomic E-state index is 0.153. The Labute approximate surface area is 155 Å². The fourth-order valence-corrected chi connectivity index (χ4v) is 3.09. The Kier molecular flexibility index (Phi) is 4.59. The summed E-state index contributed by atoms with van der Waals surface area (Å²) in [5, 5.41) is 9.87. The normalized spacial score (nSPS) is 14.6. The van der Waals surface area contributed by atoms with Gasteiger partial charge in [-0.1, -0.05) is 12.1 Å². The van der Waals surface area contributed by atoms with Gasteiger partial charge in [0.05, 0.1) is 19.5 Å². The number of rotatable bonds is 5. The van der Waals surface area contributed by atoms with Crippen molar-refractivity contribution in [3.63, 3.8) is 0 Å². The van der Waals surface area contributed by atoms with Crippen molar-refractivity contribution in [1.29, 1.82) is 0 Å². The minimum Gasteiger partial charge on any atom is -0.508 e. The number of carbonyl (C=O) groups is 1. The second kappa shape index (κ2) is 7.20. The number of hydrogen-bond donors (Lipinski definition) is 2. The number of nitrogens with zero attached hydrogens (tertiary/aromatic N) is 5. The van der Waals surface area contributed by atoms with Gasteiger partial charge in [-0.3, -0.25) is 4.79 Å². The summed E-state index contributed by atoms with van der Waals surface area (Å²) in [7, 11) is 0. The topological polar surface area (TPSA) is 119 Å². The number of primary amides is 1. The fraction of sp³-hybridized carbons (Fsp3) is 0.333. The zero-order valence-electron chi connectivity index (χ0n) is 14.7. The van der Waals surface area contributed by atoms with E-state index in [4.69, 9.17) is 20.4 Å². The third-order valence-corrected chi connectivity index (χ3v) is 4.46. The van der Waals surface area contributed by atoms with Crippen LogP contribution in [0.25, 0.3) is 22.4 Å². The SMILES string of the molecule is NC(=O)CCn1cnc2c(-c3cccc(O)c3)nc(N3CCOCC3)nc21. The van der Waals surface area contributed by atoms with Crippen molar-refractivity contribution in [2.45, 2.75) is 13.0 Å². The van der Waals surface area contributed by atoms with Crippen LogP contribution in [-0.2, 0) is 16.1 Å². The van der Waals surface area contributed by atoms with E-state index in [0.717, 1.165) is 5.56 Å². The number of carbonyl (C=O) groups excluding carboxylic acids is 1. The zero-order valence-corrected chi connectivity index (χ0v) is 14.7. The Morgan fingerprint density at radius 3 is 2.81 bits per heavy atom.